The summed E-state index contributed by atoms with van der Waals surface area (Å²) >= 11 is 3.08. The summed E-state index contributed by atoms with van der Waals surface area (Å²) in [7, 11) is 1.81. The van der Waals surface area contributed by atoms with Gasteiger partial charge in [0.15, 0.2) is 6.29 Å². The molecule has 9 heteroatoms. The Morgan fingerprint density at radius 1 is 1.26 bits per heavy atom. The zero-order valence-electron chi connectivity index (χ0n) is 19.9. The molecule has 1 aliphatic rings. The SMILES string of the molecule is C=N/C=C(/CNC(=O)c1ccc(Sc2ccccc2C=O)c(NC)c1)SCN1CCCCC(O)C1. The fourth-order valence-corrected chi connectivity index (χ4v) is 5.67. The minimum Gasteiger partial charge on any atom is -0.392 e. The van der Waals surface area contributed by atoms with Crippen LogP contribution < -0.4 is 10.6 Å². The van der Waals surface area contributed by atoms with Crippen molar-refractivity contribution in [1.82, 2.24) is 10.2 Å². The third kappa shape index (κ3) is 8.24. The molecular formula is C26H32N4O3S2. The van der Waals surface area contributed by atoms with Crippen LogP contribution in [-0.2, 0) is 0 Å². The number of hydrogen-bond donors (Lipinski definition) is 3. The van der Waals surface area contributed by atoms with Crippen molar-refractivity contribution < 1.29 is 14.7 Å². The quantitative estimate of drug-likeness (QED) is 0.301. The molecule has 1 atom stereocenters. The van der Waals surface area contributed by atoms with Crippen molar-refractivity contribution in [3.63, 3.8) is 0 Å². The highest BCUT2D eigenvalue weighted by atomic mass is 32.2. The van der Waals surface area contributed by atoms with Crippen LogP contribution >= 0.6 is 23.5 Å². The fraction of sp³-hybridized carbons (Fsp3) is 0.346. The van der Waals surface area contributed by atoms with E-state index in [-0.39, 0.29) is 12.0 Å². The van der Waals surface area contributed by atoms with Gasteiger partial charge in [-0.05, 0) is 56.8 Å². The molecule has 0 bridgehead atoms. The zero-order valence-corrected chi connectivity index (χ0v) is 21.5. The standard InChI is InChI=1S/C26H32N4O3S2/c1-27-14-22(34-18-30-12-6-5-8-21(32)16-30)15-29-26(33)19-10-11-25(23(13-19)28-2)35-24-9-4-3-7-20(24)17-31/h3-4,7,9-11,13-14,17,21,28,32H,1,5-6,8,12,15-16,18H2,2H3,(H,29,33)/b22-14-. The van der Waals surface area contributed by atoms with Gasteiger partial charge in [0.2, 0.25) is 0 Å². The summed E-state index contributed by atoms with van der Waals surface area (Å²) in [5, 5.41) is 16.1. The number of anilines is 1. The largest absolute Gasteiger partial charge is 0.392 e. The monoisotopic (exact) mass is 512 g/mol. The van der Waals surface area contributed by atoms with Crippen LogP contribution in [-0.4, -0.2) is 67.6 Å². The normalized spacial score (nSPS) is 16.9. The van der Waals surface area contributed by atoms with E-state index in [1.165, 1.54) is 11.8 Å². The van der Waals surface area contributed by atoms with Gasteiger partial charge in [-0.2, -0.15) is 0 Å². The lowest BCUT2D eigenvalue weighted by molar-refractivity contribution is 0.0957. The summed E-state index contributed by atoms with van der Waals surface area (Å²) in [5.74, 6) is 0.541. The first-order chi connectivity index (χ1) is 17.0. The third-order valence-corrected chi connectivity index (χ3v) is 7.88. The summed E-state index contributed by atoms with van der Waals surface area (Å²) < 4.78 is 0. The maximum atomic E-state index is 12.9. The topological polar surface area (TPSA) is 94.0 Å². The Labute approximate surface area is 215 Å². The van der Waals surface area contributed by atoms with Crippen LogP contribution in [0.4, 0.5) is 5.69 Å². The molecule has 0 aromatic heterocycles. The molecule has 2 aromatic rings. The number of nitrogens with zero attached hydrogens (tertiary/aromatic N) is 2. The molecular weight excluding hydrogens is 480 g/mol. The number of benzene rings is 2. The van der Waals surface area contributed by atoms with Gasteiger partial charge in [-0.15, -0.1) is 11.8 Å². The summed E-state index contributed by atoms with van der Waals surface area (Å²) in [5.41, 5.74) is 1.97. The minimum absolute atomic E-state index is 0.188. The second kappa shape index (κ2) is 14.1. The first-order valence-electron chi connectivity index (χ1n) is 11.5. The van der Waals surface area contributed by atoms with Crippen LogP contribution in [0.15, 0.2) is 68.4 Å². The molecule has 0 spiro atoms. The van der Waals surface area contributed by atoms with Crippen LogP contribution in [0.2, 0.25) is 0 Å². The number of carbonyl (C=O) groups excluding carboxylic acids is 2. The van der Waals surface area contributed by atoms with E-state index in [1.807, 2.05) is 30.3 Å². The smallest absolute Gasteiger partial charge is 0.251 e. The molecule has 1 saturated heterocycles. The van der Waals surface area contributed by atoms with Gasteiger partial charge in [-0.25, -0.2) is 0 Å². The van der Waals surface area contributed by atoms with Gasteiger partial charge in [-0.3, -0.25) is 19.5 Å². The Morgan fingerprint density at radius 3 is 2.86 bits per heavy atom. The van der Waals surface area contributed by atoms with Gasteiger partial charge >= 0.3 is 0 Å². The Hall–Kier alpha value is -2.59. The molecule has 1 fully saturated rings. The van der Waals surface area contributed by atoms with E-state index in [1.54, 1.807) is 37.1 Å². The fourth-order valence-electron chi connectivity index (χ4n) is 3.74. The van der Waals surface area contributed by atoms with E-state index in [9.17, 15) is 14.7 Å². The Balaban J connectivity index is 1.61. The van der Waals surface area contributed by atoms with Gasteiger partial charge in [0.25, 0.3) is 5.91 Å². The second-order valence-corrected chi connectivity index (χ2v) is 10.3. The third-order valence-electron chi connectivity index (χ3n) is 5.60. The number of β-amino-alcohol motifs (C(OH)–C–C–N with tert-alkyl or cyclic N) is 1. The number of hydrogen-bond acceptors (Lipinski definition) is 8. The molecule has 186 valence electrons. The van der Waals surface area contributed by atoms with Crippen molar-refractivity contribution in [1.29, 1.82) is 0 Å². The van der Waals surface area contributed by atoms with E-state index in [0.29, 0.717) is 24.2 Å². The highest BCUT2D eigenvalue weighted by molar-refractivity contribution is 8.03. The van der Waals surface area contributed by atoms with Crippen LogP contribution in [0.3, 0.4) is 0 Å². The first-order valence-corrected chi connectivity index (χ1v) is 13.3. The number of rotatable bonds is 11. The lowest BCUT2D eigenvalue weighted by Crippen LogP contribution is -2.31. The molecule has 35 heavy (non-hydrogen) atoms. The number of amides is 1. The number of aliphatic hydroxyl groups is 1. The van der Waals surface area contributed by atoms with Crippen molar-refractivity contribution in [3.05, 3.63) is 64.7 Å². The number of thioether (sulfide) groups is 1. The number of aldehydes is 1. The van der Waals surface area contributed by atoms with Gasteiger partial charge < -0.3 is 15.7 Å². The Bertz CT molecular complexity index is 1060. The molecule has 0 aliphatic carbocycles. The van der Waals surface area contributed by atoms with Crippen LogP contribution in [0.1, 0.15) is 40.0 Å². The van der Waals surface area contributed by atoms with E-state index >= 15 is 0 Å². The predicted molar refractivity (Wildman–Crippen MR) is 146 cm³/mol. The number of carbonyl (C=O) groups is 2. The Kier molecular flexibility index (Phi) is 10.9. The van der Waals surface area contributed by atoms with E-state index in [4.69, 9.17) is 0 Å². The van der Waals surface area contributed by atoms with Crippen molar-refractivity contribution in [2.45, 2.75) is 35.2 Å². The van der Waals surface area contributed by atoms with Crippen LogP contribution in [0.25, 0.3) is 0 Å². The minimum atomic E-state index is -0.280. The average molecular weight is 513 g/mol. The predicted octanol–water partition coefficient (Wildman–Crippen LogP) is 4.50. The van der Waals surface area contributed by atoms with E-state index < -0.39 is 0 Å². The van der Waals surface area contributed by atoms with Gasteiger partial charge in [0.05, 0.1) is 12.6 Å². The average Bonchev–Trinajstić information content (AvgIpc) is 3.09. The lowest BCUT2D eigenvalue weighted by atomic mass is 10.2. The van der Waals surface area contributed by atoms with Gasteiger partial charge in [-0.1, -0.05) is 30.0 Å². The van der Waals surface area contributed by atoms with Crippen LogP contribution in [0, 0.1) is 0 Å². The maximum absolute atomic E-state index is 12.9. The number of nitrogens with one attached hydrogen (secondary N) is 2. The van der Waals surface area contributed by atoms with E-state index in [2.05, 4.69) is 27.2 Å². The van der Waals surface area contributed by atoms with Crippen molar-refractivity contribution >= 4 is 48.1 Å². The molecule has 1 unspecified atom stereocenters. The molecule has 0 radical (unpaired) electrons. The first kappa shape index (κ1) is 27.0. The molecule has 2 aromatic carbocycles. The van der Waals surface area contributed by atoms with Gasteiger partial charge in [0.1, 0.15) is 0 Å². The second-order valence-electron chi connectivity index (χ2n) is 8.18. The summed E-state index contributed by atoms with van der Waals surface area (Å²) in [6.45, 7) is 5.52. The zero-order chi connectivity index (χ0) is 25.0. The Morgan fingerprint density at radius 2 is 2.09 bits per heavy atom. The molecule has 1 heterocycles. The maximum Gasteiger partial charge on any atom is 0.251 e. The summed E-state index contributed by atoms with van der Waals surface area (Å²) in [6.07, 6.45) is 5.21. The van der Waals surface area contributed by atoms with Crippen molar-refractivity contribution in [2.24, 2.45) is 4.99 Å². The van der Waals surface area contributed by atoms with E-state index in [0.717, 1.165) is 58.4 Å². The summed E-state index contributed by atoms with van der Waals surface area (Å²) in [4.78, 5) is 33.0. The van der Waals surface area contributed by atoms with Crippen molar-refractivity contribution in [3.8, 4) is 0 Å². The molecule has 7 nitrogen and oxygen atoms in total. The molecule has 3 N–H and O–H groups in total. The summed E-state index contributed by atoms with van der Waals surface area (Å²) in [6, 6.07) is 12.9. The molecule has 1 amide bonds. The lowest BCUT2D eigenvalue weighted by Gasteiger charge is -2.21. The highest BCUT2D eigenvalue weighted by Gasteiger charge is 2.17. The molecule has 1 aliphatic heterocycles. The molecule has 3 rings (SSSR count). The molecule has 0 saturated carbocycles. The number of likely N-dealkylation sites (tertiary alicyclic amines) is 1. The van der Waals surface area contributed by atoms with Gasteiger partial charge in [0, 0.05) is 57.2 Å². The van der Waals surface area contributed by atoms with Crippen molar-refractivity contribution in [2.75, 3.05) is 37.9 Å². The highest BCUT2D eigenvalue weighted by Crippen LogP contribution is 2.35. The van der Waals surface area contributed by atoms with Crippen LogP contribution in [0.5, 0.6) is 0 Å². The number of aliphatic imine (C=N–C) groups is 1. The number of aliphatic hydroxyl groups excluding tert-OH is 1.